The van der Waals surface area contributed by atoms with Gasteiger partial charge >= 0.3 is 0 Å². The third-order valence-corrected chi connectivity index (χ3v) is 8.88. The Balaban J connectivity index is 1.14. The summed E-state index contributed by atoms with van der Waals surface area (Å²) in [7, 11) is 0. The van der Waals surface area contributed by atoms with E-state index in [2.05, 4.69) is 99.9 Å². The molecule has 0 bridgehead atoms. The van der Waals surface area contributed by atoms with E-state index in [0.29, 0.717) is 6.42 Å². The number of piperidine rings is 1. The molecule has 0 radical (unpaired) electrons. The first kappa shape index (κ1) is 24.9. The number of para-hydroxylation sites is 1. The summed E-state index contributed by atoms with van der Waals surface area (Å²) in [6, 6.07) is 27.5. The van der Waals surface area contributed by atoms with Gasteiger partial charge in [0.15, 0.2) is 0 Å². The second kappa shape index (κ2) is 10.1. The van der Waals surface area contributed by atoms with Crippen LogP contribution in [0.4, 0.5) is 0 Å². The number of nitrogens with one attached hydrogen (secondary N) is 3. The number of carbonyl (C=O) groups is 1. The van der Waals surface area contributed by atoms with E-state index in [4.69, 9.17) is 4.98 Å². The van der Waals surface area contributed by atoms with Gasteiger partial charge in [0.2, 0.25) is 5.91 Å². The number of likely N-dealkylation sites (tertiary alicyclic amines) is 1. The van der Waals surface area contributed by atoms with Gasteiger partial charge in [-0.1, -0.05) is 78.4 Å². The van der Waals surface area contributed by atoms with Crippen molar-refractivity contribution in [1.82, 2.24) is 25.2 Å². The fourth-order valence-corrected chi connectivity index (χ4v) is 6.62. The summed E-state index contributed by atoms with van der Waals surface area (Å²) in [5.74, 6) is 1.21. The second-order valence-electron chi connectivity index (χ2n) is 11.4. The van der Waals surface area contributed by atoms with Gasteiger partial charge in [-0.05, 0) is 55.4 Å². The Morgan fingerprint density at radius 2 is 1.70 bits per heavy atom. The number of hydrogen-bond acceptors (Lipinski definition) is 3. The fraction of sp³-hybridized carbons (Fsp3) is 0.294. The molecule has 6 heteroatoms. The van der Waals surface area contributed by atoms with Crippen LogP contribution >= 0.6 is 0 Å². The number of amides is 1. The third-order valence-electron chi connectivity index (χ3n) is 8.88. The lowest BCUT2D eigenvalue weighted by Crippen LogP contribution is -2.56. The molecule has 40 heavy (non-hydrogen) atoms. The van der Waals surface area contributed by atoms with Crippen molar-refractivity contribution in [3.05, 3.63) is 113 Å². The van der Waals surface area contributed by atoms with E-state index in [1.165, 1.54) is 33.3 Å². The summed E-state index contributed by atoms with van der Waals surface area (Å²) in [5, 5.41) is 5.31. The van der Waals surface area contributed by atoms with Gasteiger partial charge in [-0.2, -0.15) is 0 Å². The van der Waals surface area contributed by atoms with Gasteiger partial charge in [0.05, 0.1) is 23.5 Å². The lowest BCUT2D eigenvalue weighted by atomic mass is 9.77. The van der Waals surface area contributed by atoms with Gasteiger partial charge in [-0.15, -0.1) is 0 Å². The van der Waals surface area contributed by atoms with Gasteiger partial charge in [0.25, 0.3) is 0 Å². The van der Waals surface area contributed by atoms with Crippen LogP contribution in [0, 0.1) is 6.92 Å². The highest BCUT2D eigenvalue weighted by atomic mass is 16.2. The second-order valence-corrected chi connectivity index (χ2v) is 11.4. The maximum absolute atomic E-state index is 13.2. The third kappa shape index (κ3) is 4.52. The number of nitrogens with zero attached hydrogens (tertiary/aromatic N) is 2. The number of H-pyrrole nitrogens is 2. The topological polar surface area (TPSA) is 76.8 Å². The molecule has 0 saturated carbocycles. The van der Waals surface area contributed by atoms with E-state index in [1.54, 1.807) is 0 Å². The Hall–Kier alpha value is -4.16. The molecule has 0 aliphatic carbocycles. The molecular weight excluding hydrogens is 494 g/mol. The van der Waals surface area contributed by atoms with Gasteiger partial charge in [0, 0.05) is 36.1 Å². The number of aryl methyl sites for hydroxylation is 2. The molecule has 1 unspecified atom stereocenters. The van der Waals surface area contributed by atoms with Crippen molar-refractivity contribution in [2.75, 3.05) is 13.1 Å². The Morgan fingerprint density at radius 1 is 0.950 bits per heavy atom. The molecule has 2 aromatic heterocycles. The lowest BCUT2D eigenvalue weighted by molar-refractivity contribution is -0.133. The number of fused-ring (bicyclic) bond motifs is 4. The molecule has 3 aromatic carbocycles. The number of hydrogen-bond donors (Lipinski definition) is 3. The monoisotopic (exact) mass is 529 g/mol. The fourth-order valence-electron chi connectivity index (χ4n) is 6.62. The van der Waals surface area contributed by atoms with Crippen LogP contribution in [0.2, 0.25) is 0 Å². The number of rotatable bonds is 5. The zero-order chi connectivity index (χ0) is 27.1. The summed E-state index contributed by atoms with van der Waals surface area (Å²) in [5.41, 5.74) is 8.24. The number of carbonyl (C=O) groups excluding carboxylic acids is 1. The first-order valence-electron chi connectivity index (χ1n) is 14.4. The zero-order valence-corrected chi connectivity index (χ0v) is 22.9. The molecule has 3 N–H and O–H groups in total. The van der Waals surface area contributed by atoms with E-state index < -0.39 is 0 Å². The van der Waals surface area contributed by atoms with Gasteiger partial charge in [-0.25, -0.2) is 4.98 Å². The molecule has 7 rings (SSSR count). The molecule has 1 spiro atoms. The summed E-state index contributed by atoms with van der Waals surface area (Å²) in [6.45, 7) is 3.58. The largest absolute Gasteiger partial charge is 0.357 e. The Labute approximate surface area is 234 Å². The van der Waals surface area contributed by atoms with E-state index in [9.17, 15) is 4.79 Å². The molecular formula is C34H35N5O. The normalized spacial score (nSPS) is 18.2. The maximum Gasteiger partial charge on any atom is 0.222 e. The average molecular weight is 530 g/mol. The first-order chi connectivity index (χ1) is 19.6. The Morgan fingerprint density at radius 3 is 2.50 bits per heavy atom. The maximum atomic E-state index is 13.2. The number of aromatic amines is 2. The van der Waals surface area contributed by atoms with Crippen LogP contribution in [0.25, 0.3) is 22.2 Å². The Bertz CT molecular complexity index is 1640. The minimum Gasteiger partial charge on any atom is -0.357 e. The predicted molar refractivity (Wildman–Crippen MR) is 159 cm³/mol. The van der Waals surface area contributed by atoms with Gasteiger partial charge in [-0.3, -0.25) is 10.1 Å². The van der Waals surface area contributed by atoms with Crippen LogP contribution < -0.4 is 5.32 Å². The summed E-state index contributed by atoms with van der Waals surface area (Å²) in [6.07, 6.45) is 5.88. The molecule has 1 fully saturated rings. The van der Waals surface area contributed by atoms with Crippen LogP contribution in [0.1, 0.15) is 53.5 Å². The van der Waals surface area contributed by atoms with Crippen molar-refractivity contribution in [1.29, 1.82) is 0 Å². The van der Waals surface area contributed by atoms with Crippen molar-refractivity contribution < 1.29 is 4.79 Å². The van der Waals surface area contributed by atoms with Crippen LogP contribution in [0.5, 0.6) is 0 Å². The molecule has 2 aliphatic rings. The van der Waals surface area contributed by atoms with E-state index in [0.717, 1.165) is 55.9 Å². The summed E-state index contributed by atoms with van der Waals surface area (Å²) in [4.78, 5) is 27.5. The van der Waals surface area contributed by atoms with Crippen molar-refractivity contribution in [2.45, 2.75) is 50.6 Å². The number of benzene rings is 3. The van der Waals surface area contributed by atoms with Crippen molar-refractivity contribution in [3.8, 4) is 11.3 Å². The predicted octanol–water partition coefficient (Wildman–Crippen LogP) is 6.20. The van der Waals surface area contributed by atoms with E-state index in [1.807, 2.05) is 12.3 Å². The molecule has 6 nitrogen and oxygen atoms in total. The van der Waals surface area contributed by atoms with Crippen LogP contribution in [-0.2, 0) is 23.2 Å². The highest BCUT2D eigenvalue weighted by molar-refractivity contribution is 5.85. The summed E-state index contributed by atoms with van der Waals surface area (Å²) >= 11 is 0. The van der Waals surface area contributed by atoms with E-state index in [-0.39, 0.29) is 17.5 Å². The highest BCUT2D eigenvalue weighted by Gasteiger charge is 2.45. The Kier molecular flexibility index (Phi) is 6.28. The zero-order valence-electron chi connectivity index (χ0n) is 22.9. The smallest absolute Gasteiger partial charge is 0.222 e. The van der Waals surface area contributed by atoms with Crippen molar-refractivity contribution >= 4 is 16.8 Å². The summed E-state index contributed by atoms with van der Waals surface area (Å²) < 4.78 is 0. The van der Waals surface area contributed by atoms with Crippen molar-refractivity contribution in [2.24, 2.45) is 0 Å². The molecule has 4 heterocycles. The van der Waals surface area contributed by atoms with Crippen LogP contribution in [0.3, 0.4) is 0 Å². The molecule has 1 saturated heterocycles. The van der Waals surface area contributed by atoms with Crippen molar-refractivity contribution in [3.63, 3.8) is 0 Å². The SMILES string of the molecule is Cc1ccc(CCC(=O)N2CCC3(CC2)NC(c2ncc(-c4ccccc4)[nH]2)Cc2c3[nH]c3ccccc23)cc1. The van der Waals surface area contributed by atoms with E-state index >= 15 is 0 Å². The standard InChI is InChI=1S/C34H35N5O/c1-23-11-13-24(14-12-23)15-16-31(40)39-19-17-34(18-20-39)32-27(26-9-5-6-10-28(26)36-32)21-29(38-34)33-35-22-30(37-33)25-7-3-2-4-8-25/h2-14,22,29,36,38H,15-21H2,1H3,(H,35,37). The lowest BCUT2D eigenvalue weighted by Gasteiger charge is -2.47. The molecule has 202 valence electrons. The minimum absolute atomic E-state index is 0.0629. The van der Waals surface area contributed by atoms with Gasteiger partial charge < -0.3 is 14.9 Å². The van der Waals surface area contributed by atoms with Gasteiger partial charge in [0.1, 0.15) is 5.82 Å². The molecule has 1 atom stereocenters. The van der Waals surface area contributed by atoms with Crippen LogP contribution in [-0.4, -0.2) is 38.8 Å². The highest BCUT2D eigenvalue weighted by Crippen LogP contribution is 2.44. The molecule has 2 aliphatic heterocycles. The minimum atomic E-state index is -0.231. The first-order valence-corrected chi connectivity index (χ1v) is 14.4. The quantitative estimate of drug-likeness (QED) is 0.254. The average Bonchev–Trinajstić information content (AvgIpc) is 3.64. The number of aromatic nitrogens is 3. The number of imidazole rings is 1. The van der Waals surface area contributed by atoms with Crippen LogP contribution in [0.15, 0.2) is 85.1 Å². The molecule has 1 amide bonds. The molecule has 5 aromatic rings.